The van der Waals surface area contributed by atoms with E-state index in [2.05, 4.69) is 21.2 Å². The average molecular weight is 287 g/mol. The Morgan fingerprint density at radius 3 is 2.94 bits per heavy atom. The van der Waals surface area contributed by atoms with Gasteiger partial charge in [0.15, 0.2) is 0 Å². The number of halogens is 1. The Balaban J connectivity index is 2.62. The zero-order valence-electron chi connectivity index (χ0n) is 9.03. The molecule has 1 rings (SSSR count). The normalized spacial score (nSPS) is 12.2. The number of rotatable bonds is 4. The summed E-state index contributed by atoms with van der Waals surface area (Å²) < 4.78 is 0.705. The van der Waals surface area contributed by atoms with E-state index in [1.54, 1.807) is 25.1 Å². The van der Waals surface area contributed by atoms with Gasteiger partial charge in [0.2, 0.25) is 0 Å². The van der Waals surface area contributed by atoms with Gasteiger partial charge < -0.3 is 16.2 Å². The predicted molar refractivity (Wildman–Crippen MR) is 67.2 cm³/mol. The SMILES string of the molecule is CC(O)CCNC(=O)c1cc(N)ccc1Br. The van der Waals surface area contributed by atoms with E-state index in [4.69, 9.17) is 10.8 Å². The molecule has 0 aliphatic rings. The van der Waals surface area contributed by atoms with Crippen molar-refractivity contribution in [2.45, 2.75) is 19.4 Å². The van der Waals surface area contributed by atoms with Crippen molar-refractivity contribution in [2.24, 2.45) is 0 Å². The van der Waals surface area contributed by atoms with Crippen LogP contribution in [0.15, 0.2) is 22.7 Å². The van der Waals surface area contributed by atoms with Crippen LogP contribution in [-0.2, 0) is 0 Å². The molecule has 1 aromatic carbocycles. The van der Waals surface area contributed by atoms with E-state index in [1.807, 2.05) is 0 Å². The first-order valence-corrected chi connectivity index (χ1v) is 5.81. The molecule has 1 atom stereocenters. The number of nitrogens with two attached hydrogens (primary N) is 1. The standard InChI is InChI=1S/C11H15BrN2O2/c1-7(15)4-5-14-11(16)9-6-8(13)2-3-10(9)12/h2-3,6-7,15H,4-5,13H2,1H3,(H,14,16). The van der Waals surface area contributed by atoms with Gasteiger partial charge in [0.1, 0.15) is 0 Å². The Hall–Kier alpha value is -1.07. The Kier molecular flexibility index (Phi) is 4.76. The van der Waals surface area contributed by atoms with E-state index >= 15 is 0 Å². The second kappa shape index (κ2) is 5.86. The number of nitrogens with one attached hydrogen (secondary N) is 1. The zero-order valence-corrected chi connectivity index (χ0v) is 10.6. The second-order valence-electron chi connectivity index (χ2n) is 3.63. The summed E-state index contributed by atoms with van der Waals surface area (Å²) >= 11 is 3.29. The van der Waals surface area contributed by atoms with Crippen LogP contribution in [0.2, 0.25) is 0 Å². The van der Waals surface area contributed by atoms with Crippen LogP contribution in [0.3, 0.4) is 0 Å². The number of amides is 1. The molecule has 4 nitrogen and oxygen atoms in total. The van der Waals surface area contributed by atoms with Crippen LogP contribution < -0.4 is 11.1 Å². The van der Waals surface area contributed by atoms with Gasteiger partial charge in [0.25, 0.3) is 5.91 Å². The molecule has 88 valence electrons. The van der Waals surface area contributed by atoms with Gasteiger partial charge in [-0.1, -0.05) is 0 Å². The number of anilines is 1. The highest BCUT2D eigenvalue weighted by atomic mass is 79.9. The van der Waals surface area contributed by atoms with Crippen LogP contribution in [0, 0.1) is 0 Å². The Bertz CT molecular complexity index is 380. The molecule has 0 aromatic heterocycles. The molecule has 0 saturated carbocycles. The minimum Gasteiger partial charge on any atom is -0.399 e. The first-order chi connectivity index (χ1) is 7.50. The summed E-state index contributed by atoms with van der Waals surface area (Å²) in [4.78, 5) is 11.7. The molecule has 0 bridgehead atoms. The second-order valence-corrected chi connectivity index (χ2v) is 4.49. The van der Waals surface area contributed by atoms with Crippen molar-refractivity contribution in [2.75, 3.05) is 12.3 Å². The van der Waals surface area contributed by atoms with E-state index in [0.29, 0.717) is 28.7 Å². The number of nitrogen functional groups attached to an aromatic ring is 1. The van der Waals surface area contributed by atoms with E-state index in [0.717, 1.165) is 0 Å². The number of carbonyl (C=O) groups excluding carboxylic acids is 1. The van der Waals surface area contributed by atoms with Gasteiger partial charge in [-0.2, -0.15) is 0 Å². The van der Waals surface area contributed by atoms with E-state index in [9.17, 15) is 4.79 Å². The molecule has 0 radical (unpaired) electrons. The van der Waals surface area contributed by atoms with Crippen molar-refractivity contribution in [1.82, 2.24) is 5.32 Å². The number of aliphatic hydroxyl groups is 1. The molecule has 16 heavy (non-hydrogen) atoms. The smallest absolute Gasteiger partial charge is 0.252 e. The quantitative estimate of drug-likeness (QED) is 0.735. The van der Waals surface area contributed by atoms with Crippen LogP contribution in [0.1, 0.15) is 23.7 Å². The summed E-state index contributed by atoms with van der Waals surface area (Å²) in [5, 5.41) is 11.8. The highest BCUT2D eigenvalue weighted by molar-refractivity contribution is 9.10. The van der Waals surface area contributed by atoms with E-state index < -0.39 is 6.10 Å². The molecular formula is C11H15BrN2O2. The molecule has 0 saturated heterocycles. The van der Waals surface area contributed by atoms with Gasteiger partial charge in [-0.25, -0.2) is 0 Å². The summed E-state index contributed by atoms with van der Waals surface area (Å²) in [5.74, 6) is -0.195. The molecule has 1 unspecified atom stereocenters. The first kappa shape index (κ1) is 13.0. The summed E-state index contributed by atoms with van der Waals surface area (Å²) in [6.45, 7) is 2.13. The lowest BCUT2D eigenvalue weighted by molar-refractivity contribution is 0.0945. The van der Waals surface area contributed by atoms with Crippen LogP contribution in [0.25, 0.3) is 0 Å². The van der Waals surface area contributed by atoms with Crippen LogP contribution in [0.5, 0.6) is 0 Å². The van der Waals surface area contributed by atoms with Gasteiger partial charge >= 0.3 is 0 Å². The number of carbonyl (C=O) groups is 1. The highest BCUT2D eigenvalue weighted by Crippen LogP contribution is 2.19. The number of aliphatic hydroxyl groups excluding tert-OH is 1. The number of hydrogen-bond donors (Lipinski definition) is 3. The molecule has 4 N–H and O–H groups in total. The topological polar surface area (TPSA) is 75.3 Å². The molecule has 5 heteroatoms. The van der Waals surface area contributed by atoms with Crippen molar-refractivity contribution < 1.29 is 9.90 Å². The minimum atomic E-state index is -0.412. The average Bonchev–Trinajstić information content (AvgIpc) is 2.21. The Morgan fingerprint density at radius 2 is 2.31 bits per heavy atom. The van der Waals surface area contributed by atoms with Gasteiger partial charge in [-0.3, -0.25) is 4.79 Å². The monoisotopic (exact) mass is 286 g/mol. The lowest BCUT2D eigenvalue weighted by Gasteiger charge is -2.08. The molecule has 0 fully saturated rings. The molecule has 1 aromatic rings. The Labute approximate surface area is 103 Å². The maximum atomic E-state index is 11.7. The fourth-order valence-electron chi connectivity index (χ4n) is 1.21. The Morgan fingerprint density at radius 1 is 1.62 bits per heavy atom. The maximum Gasteiger partial charge on any atom is 0.252 e. The summed E-state index contributed by atoms with van der Waals surface area (Å²) in [6.07, 6.45) is 0.121. The molecule has 0 spiro atoms. The van der Waals surface area contributed by atoms with E-state index in [1.165, 1.54) is 0 Å². The van der Waals surface area contributed by atoms with E-state index in [-0.39, 0.29) is 5.91 Å². The molecular weight excluding hydrogens is 272 g/mol. The summed E-state index contributed by atoms with van der Waals surface area (Å²) in [5.41, 5.74) is 6.65. The molecule has 1 amide bonds. The maximum absolute atomic E-state index is 11.7. The third kappa shape index (κ3) is 3.83. The van der Waals surface area contributed by atoms with Crippen molar-refractivity contribution in [1.29, 1.82) is 0 Å². The first-order valence-electron chi connectivity index (χ1n) is 5.02. The predicted octanol–water partition coefficient (Wildman–Crippen LogP) is 1.53. The largest absolute Gasteiger partial charge is 0.399 e. The van der Waals surface area contributed by atoms with Crippen molar-refractivity contribution >= 4 is 27.5 Å². The fraction of sp³-hybridized carbons (Fsp3) is 0.364. The zero-order chi connectivity index (χ0) is 12.1. The third-order valence-corrected chi connectivity index (χ3v) is 2.77. The van der Waals surface area contributed by atoms with Gasteiger partial charge in [0.05, 0.1) is 11.7 Å². The van der Waals surface area contributed by atoms with Gasteiger partial charge in [0, 0.05) is 16.7 Å². The third-order valence-electron chi connectivity index (χ3n) is 2.08. The lowest BCUT2D eigenvalue weighted by atomic mass is 10.2. The lowest BCUT2D eigenvalue weighted by Crippen LogP contribution is -2.26. The molecule has 0 aliphatic heterocycles. The number of hydrogen-bond acceptors (Lipinski definition) is 3. The summed E-state index contributed by atoms with van der Waals surface area (Å²) in [6, 6.07) is 5.07. The van der Waals surface area contributed by atoms with Crippen molar-refractivity contribution in [3.05, 3.63) is 28.2 Å². The number of benzene rings is 1. The van der Waals surface area contributed by atoms with Gasteiger partial charge in [-0.05, 0) is 47.5 Å². The van der Waals surface area contributed by atoms with Crippen molar-refractivity contribution in [3.8, 4) is 0 Å². The van der Waals surface area contributed by atoms with Gasteiger partial charge in [-0.15, -0.1) is 0 Å². The highest BCUT2D eigenvalue weighted by Gasteiger charge is 2.09. The minimum absolute atomic E-state index is 0.195. The van der Waals surface area contributed by atoms with Crippen LogP contribution in [-0.4, -0.2) is 23.7 Å². The fourth-order valence-corrected chi connectivity index (χ4v) is 1.63. The summed E-state index contributed by atoms with van der Waals surface area (Å²) in [7, 11) is 0. The van der Waals surface area contributed by atoms with Crippen LogP contribution >= 0.6 is 15.9 Å². The molecule has 0 heterocycles. The van der Waals surface area contributed by atoms with Crippen molar-refractivity contribution in [3.63, 3.8) is 0 Å². The molecule has 0 aliphatic carbocycles. The van der Waals surface area contributed by atoms with Crippen LogP contribution in [0.4, 0.5) is 5.69 Å².